The quantitative estimate of drug-likeness (QED) is 0.805. The highest BCUT2D eigenvalue weighted by Crippen LogP contribution is 2.27. The fourth-order valence-electron chi connectivity index (χ4n) is 1.43. The van der Waals surface area contributed by atoms with Gasteiger partial charge >= 0.3 is 0 Å². The van der Waals surface area contributed by atoms with Gasteiger partial charge in [0.15, 0.2) is 0 Å². The lowest BCUT2D eigenvalue weighted by Crippen LogP contribution is -2.00. The van der Waals surface area contributed by atoms with Crippen molar-refractivity contribution in [3.8, 4) is 11.3 Å². The SMILES string of the molecule is CC(C)n1cc(Br)c(-c2ccccc2)n1. The third kappa shape index (κ3) is 2.12. The molecule has 0 aliphatic rings. The Bertz CT molecular complexity index is 446. The van der Waals surface area contributed by atoms with Crippen molar-refractivity contribution in [1.82, 2.24) is 9.78 Å². The Morgan fingerprint density at radius 3 is 2.40 bits per heavy atom. The third-order valence-electron chi connectivity index (χ3n) is 2.26. The Morgan fingerprint density at radius 1 is 1.20 bits per heavy atom. The summed E-state index contributed by atoms with van der Waals surface area (Å²) in [4.78, 5) is 0. The molecule has 1 aromatic heterocycles. The molecule has 3 heteroatoms. The highest BCUT2D eigenvalue weighted by molar-refractivity contribution is 9.10. The van der Waals surface area contributed by atoms with Gasteiger partial charge in [0.05, 0.1) is 4.47 Å². The zero-order chi connectivity index (χ0) is 10.8. The van der Waals surface area contributed by atoms with Crippen molar-refractivity contribution in [3.63, 3.8) is 0 Å². The summed E-state index contributed by atoms with van der Waals surface area (Å²) in [7, 11) is 0. The highest BCUT2D eigenvalue weighted by atomic mass is 79.9. The first-order chi connectivity index (χ1) is 7.18. The molecule has 0 aliphatic heterocycles. The van der Waals surface area contributed by atoms with Gasteiger partial charge in [0.1, 0.15) is 5.69 Å². The minimum Gasteiger partial charge on any atom is -0.268 e. The second kappa shape index (κ2) is 4.19. The molecule has 0 N–H and O–H groups in total. The second-order valence-corrected chi connectivity index (χ2v) is 4.62. The van der Waals surface area contributed by atoms with E-state index in [1.54, 1.807) is 0 Å². The van der Waals surface area contributed by atoms with Crippen LogP contribution >= 0.6 is 15.9 Å². The fraction of sp³-hybridized carbons (Fsp3) is 0.250. The van der Waals surface area contributed by atoms with Crippen LogP contribution < -0.4 is 0 Å². The smallest absolute Gasteiger partial charge is 0.106 e. The van der Waals surface area contributed by atoms with Crippen LogP contribution in [0.15, 0.2) is 41.0 Å². The summed E-state index contributed by atoms with van der Waals surface area (Å²) in [6.45, 7) is 4.24. The van der Waals surface area contributed by atoms with Crippen molar-refractivity contribution in [2.24, 2.45) is 0 Å². The van der Waals surface area contributed by atoms with Gasteiger partial charge in [-0.05, 0) is 29.8 Å². The van der Waals surface area contributed by atoms with Crippen LogP contribution in [0, 0.1) is 0 Å². The molecule has 0 saturated heterocycles. The normalized spacial score (nSPS) is 10.9. The summed E-state index contributed by atoms with van der Waals surface area (Å²) in [5.74, 6) is 0. The van der Waals surface area contributed by atoms with Crippen molar-refractivity contribution >= 4 is 15.9 Å². The lowest BCUT2D eigenvalue weighted by Gasteiger charge is -2.03. The first kappa shape index (κ1) is 10.4. The monoisotopic (exact) mass is 264 g/mol. The number of aromatic nitrogens is 2. The zero-order valence-electron chi connectivity index (χ0n) is 8.81. The summed E-state index contributed by atoms with van der Waals surface area (Å²) in [5.41, 5.74) is 2.15. The van der Waals surface area contributed by atoms with Crippen LogP contribution in [-0.2, 0) is 0 Å². The standard InChI is InChI=1S/C12H13BrN2/c1-9(2)15-8-11(13)12(14-15)10-6-4-3-5-7-10/h3-9H,1-2H3. The molecule has 0 amide bonds. The van der Waals surface area contributed by atoms with Crippen LogP contribution in [0.2, 0.25) is 0 Å². The van der Waals surface area contributed by atoms with E-state index in [1.807, 2.05) is 29.1 Å². The van der Waals surface area contributed by atoms with E-state index in [2.05, 4.69) is 47.0 Å². The fourth-order valence-corrected chi connectivity index (χ4v) is 1.94. The van der Waals surface area contributed by atoms with Gasteiger partial charge in [0.25, 0.3) is 0 Å². The average molecular weight is 265 g/mol. The molecule has 1 aromatic carbocycles. The summed E-state index contributed by atoms with van der Waals surface area (Å²) < 4.78 is 3.01. The molecule has 2 nitrogen and oxygen atoms in total. The van der Waals surface area contributed by atoms with Crippen LogP contribution in [0.4, 0.5) is 0 Å². The predicted molar refractivity (Wildman–Crippen MR) is 65.7 cm³/mol. The third-order valence-corrected chi connectivity index (χ3v) is 2.84. The van der Waals surface area contributed by atoms with Crippen molar-refractivity contribution in [3.05, 3.63) is 41.0 Å². The molecule has 15 heavy (non-hydrogen) atoms. The van der Waals surface area contributed by atoms with Crippen molar-refractivity contribution < 1.29 is 0 Å². The molecule has 1 heterocycles. The van der Waals surface area contributed by atoms with E-state index < -0.39 is 0 Å². The largest absolute Gasteiger partial charge is 0.268 e. The first-order valence-electron chi connectivity index (χ1n) is 4.98. The summed E-state index contributed by atoms with van der Waals surface area (Å²) in [6.07, 6.45) is 2.02. The Labute approximate surface area is 98.1 Å². The van der Waals surface area contributed by atoms with E-state index in [1.165, 1.54) is 0 Å². The Morgan fingerprint density at radius 2 is 1.87 bits per heavy atom. The van der Waals surface area contributed by atoms with Gasteiger partial charge in [0.2, 0.25) is 0 Å². The molecule has 2 rings (SSSR count). The molecule has 0 atom stereocenters. The Kier molecular flexibility index (Phi) is 2.91. The maximum absolute atomic E-state index is 4.55. The van der Waals surface area contributed by atoms with Gasteiger partial charge < -0.3 is 0 Å². The molecule has 0 radical (unpaired) electrons. The van der Waals surface area contributed by atoms with Crippen LogP contribution in [-0.4, -0.2) is 9.78 Å². The number of benzene rings is 1. The van der Waals surface area contributed by atoms with Crippen LogP contribution in [0.1, 0.15) is 19.9 Å². The Balaban J connectivity index is 2.45. The summed E-state index contributed by atoms with van der Waals surface area (Å²) in [5, 5.41) is 4.55. The number of halogens is 1. The molecule has 2 aromatic rings. The van der Waals surface area contributed by atoms with E-state index in [-0.39, 0.29) is 0 Å². The van der Waals surface area contributed by atoms with Crippen molar-refractivity contribution in [2.75, 3.05) is 0 Å². The maximum Gasteiger partial charge on any atom is 0.106 e. The molecule has 78 valence electrons. The summed E-state index contributed by atoms with van der Waals surface area (Å²) >= 11 is 3.54. The van der Waals surface area contributed by atoms with Gasteiger partial charge in [-0.2, -0.15) is 5.10 Å². The molecule has 0 fully saturated rings. The molecule has 0 spiro atoms. The minimum atomic E-state index is 0.388. The minimum absolute atomic E-state index is 0.388. The van der Waals surface area contributed by atoms with Gasteiger partial charge in [-0.15, -0.1) is 0 Å². The highest BCUT2D eigenvalue weighted by Gasteiger charge is 2.09. The van der Waals surface area contributed by atoms with Gasteiger partial charge in [0, 0.05) is 17.8 Å². The molecule has 0 saturated carbocycles. The average Bonchev–Trinajstić information content (AvgIpc) is 2.62. The number of nitrogens with zero attached hydrogens (tertiary/aromatic N) is 2. The lowest BCUT2D eigenvalue weighted by molar-refractivity contribution is 0.534. The van der Waals surface area contributed by atoms with Crippen LogP contribution in [0.5, 0.6) is 0 Å². The topological polar surface area (TPSA) is 17.8 Å². The maximum atomic E-state index is 4.55. The van der Waals surface area contributed by atoms with E-state index in [9.17, 15) is 0 Å². The van der Waals surface area contributed by atoms with Gasteiger partial charge in [-0.3, -0.25) is 4.68 Å². The molecular formula is C12H13BrN2. The summed E-state index contributed by atoms with van der Waals surface area (Å²) in [6, 6.07) is 10.6. The number of hydrogen-bond donors (Lipinski definition) is 0. The number of rotatable bonds is 2. The molecular weight excluding hydrogens is 252 g/mol. The van der Waals surface area contributed by atoms with Crippen LogP contribution in [0.25, 0.3) is 11.3 Å². The predicted octanol–water partition coefficient (Wildman–Crippen LogP) is 3.89. The van der Waals surface area contributed by atoms with Gasteiger partial charge in [-0.25, -0.2) is 0 Å². The van der Waals surface area contributed by atoms with E-state index in [0.29, 0.717) is 6.04 Å². The molecule has 0 aliphatic carbocycles. The van der Waals surface area contributed by atoms with Gasteiger partial charge in [-0.1, -0.05) is 30.3 Å². The molecule has 0 unspecified atom stereocenters. The lowest BCUT2D eigenvalue weighted by atomic mass is 10.2. The molecule has 0 bridgehead atoms. The Hall–Kier alpha value is -1.09. The van der Waals surface area contributed by atoms with E-state index in [4.69, 9.17) is 0 Å². The van der Waals surface area contributed by atoms with Crippen molar-refractivity contribution in [2.45, 2.75) is 19.9 Å². The zero-order valence-corrected chi connectivity index (χ0v) is 10.4. The van der Waals surface area contributed by atoms with E-state index in [0.717, 1.165) is 15.7 Å². The second-order valence-electron chi connectivity index (χ2n) is 3.77. The van der Waals surface area contributed by atoms with E-state index >= 15 is 0 Å². The number of hydrogen-bond acceptors (Lipinski definition) is 1. The van der Waals surface area contributed by atoms with Crippen molar-refractivity contribution in [1.29, 1.82) is 0 Å². The first-order valence-corrected chi connectivity index (χ1v) is 5.78. The van der Waals surface area contributed by atoms with Crippen LogP contribution in [0.3, 0.4) is 0 Å².